The topological polar surface area (TPSA) is 24.5 Å². The molecule has 0 radical (unpaired) electrons. The fourth-order valence-corrected chi connectivity index (χ4v) is 2.60. The van der Waals surface area contributed by atoms with Crippen molar-refractivity contribution in [1.29, 1.82) is 0 Å². The monoisotopic (exact) mass is 312 g/mol. The second-order valence-electron chi connectivity index (χ2n) is 4.73. The number of piperidine rings is 1. The molecule has 2 rings (SSSR count). The van der Waals surface area contributed by atoms with Crippen molar-refractivity contribution in [3.63, 3.8) is 0 Å². The summed E-state index contributed by atoms with van der Waals surface area (Å²) in [6, 6.07) is 8.31. The lowest BCUT2D eigenvalue weighted by Gasteiger charge is -2.31. The van der Waals surface area contributed by atoms with E-state index in [4.69, 9.17) is 4.74 Å². The van der Waals surface area contributed by atoms with Crippen LogP contribution in [0.25, 0.3) is 0 Å². The zero-order chi connectivity index (χ0) is 12.8. The van der Waals surface area contributed by atoms with Crippen LogP contribution in [0, 0.1) is 0 Å². The first kappa shape index (κ1) is 13.8. The number of methoxy groups -OCH3 is 1. The van der Waals surface area contributed by atoms with Crippen molar-refractivity contribution in [2.24, 2.45) is 0 Å². The number of halogens is 1. The van der Waals surface area contributed by atoms with Crippen molar-refractivity contribution in [1.82, 2.24) is 4.90 Å². The van der Waals surface area contributed by atoms with Crippen LogP contribution in [-0.4, -0.2) is 44.3 Å². The van der Waals surface area contributed by atoms with E-state index in [0.717, 1.165) is 24.1 Å². The molecule has 1 heterocycles. The first-order valence-electron chi connectivity index (χ1n) is 6.52. The normalized spacial score (nSPS) is 20.9. The Morgan fingerprint density at radius 1 is 1.39 bits per heavy atom. The summed E-state index contributed by atoms with van der Waals surface area (Å²) < 4.78 is 6.55. The lowest BCUT2D eigenvalue weighted by molar-refractivity contribution is 0.0329. The van der Waals surface area contributed by atoms with Crippen molar-refractivity contribution >= 4 is 21.6 Å². The van der Waals surface area contributed by atoms with Gasteiger partial charge in [-0.05, 0) is 43.7 Å². The maximum absolute atomic E-state index is 5.43. The number of likely N-dealkylation sites (tertiary alicyclic amines) is 1. The molecule has 1 aliphatic rings. The number of ether oxygens (including phenoxy) is 1. The van der Waals surface area contributed by atoms with Gasteiger partial charge in [-0.2, -0.15) is 0 Å². The fourth-order valence-electron chi connectivity index (χ4n) is 2.33. The van der Waals surface area contributed by atoms with E-state index in [0.29, 0.717) is 6.10 Å². The molecular formula is C14H21BrN2O. The Kier molecular flexibility index (Phi) is 5.47. The molecule has 0 saturated carbocycles. The van der Waals surface area contributed by atoms with Gasteiger partial charge in [0.1, 0.15) is 0 Å². The van der Waals surface area contributed by atoms with Gasteiger partial charge < -0.3 is 10.1 Å². The van der Waals surface area contributed by atoms with E-state index in [1.807, 2.05) is 7.11 Å². The Morgan fingerprint density at radius 2 is 2.17 bits per heavy atom. The Hall–Kier alpha value is -0.580. The maximum atomic E-state index is 5.43. The van der Waals surface area contributed by atoms with Crippen LogP contribution >= 0.6 is 15.9 Å². The summed E-state index contributed by atoms with van der Waals surface area (Å²) in [5, 5.41) is 3.45. The molecule has 1 aromatic rings. The molecule has 100 valence electrons. The van der Waals surface area contributed by atoms with Crippen molar-refractivity contribution in [2.45, 2.75) is 18.9 Å². The molecule has 1 N–H and O–H groups in total. The molecule has 1 atom stereocenters. The Morgan fingerprint density at radius 3 is 2.89 bits per heavy atom. The van der Waals surface area contributed by atoms with Crippen LogP contribution in [0.2, 0.25) is 0 Å². The zero-order valence-electron chi connectivity index (χ0n) is 10.9. The first-order valence-corrected chi connectivity index (χ1v) is 7.32. The number of anilines is 1. The Labute approximate surface area is 118 Å². The second-order valence-corrected chi connectivity index (χ2v) is 5.65. The summed E-state index contributed by atoms with van der Waals surface area (Å²) in [7, 11) is 1.81. The van der Waals surface area contributed by atoms with E-state index in [9.17, 15) is 0 Å². The number of hydrogen-bond donors (Lipinski definition) is 1. The number of nitrogens with one attached hydrogen (secondary N) is 1. The van der Waals surface area contributed by atoms with Crippen LogP contribution in [0.3, 0.4) is 0 Å². The summed E-state index contributed by atoms with van der Waals surface area (Å²) in [6.07, 6.45) is 2.87. The van der Waals surface area contributed by atoms with Gasteiger partial charge in [0, 0.05) is 36.9 Å². The molecule has 4 heteroatoms. The number of hydrogen-bond acceptors (Lipinski definition) is 3. The molecule has 3 nitrogen and oxygen atoms in total. The van der Waals surface area contributed by atoms with Gasteiger partial charge in [-0.15, -0.1) is 0 Å². The van der Waals surface area contributed by atoms with Crippen LogP contribution < -0.4 is 5.32 Å². The van der Waals surface area contributed by atoms with E-state index in [1.165, 1.54) is 25.1 Å². The molecule has 0 bridgehead atoms. The van der Waals surface area contributed by atoms with Gasteiger partial charge in [0.2, 0.25) is 0 Å². The Balaban J connectivity index is 1.70. The fraction of sp³-hybridized carbons (Fsp3) is 0.571. The van der Waals surface area contributed by atoms with Gasteiger partial charge in [-0.3, -0.25) is 4.90 Å². The smallest absolute Gasteiger partial charge is 0.0698 e. The minimum atomic E-state index is 0.423. The van der Waals surface area contributed by atoms with Crippen LogP contribution in [-0.2, 0) is 4.74 Å². The lowest BCUT2D eigenvalue weighted by atomic mass is 10.1. The number of nitrogens with zero attached hydrogens (tertiary/aromatic N) is 1. The maximum Gasteiger partial charge on any atom is 0.0698 e. The number of rotatable bonds is 5. The van der Waals surface area contributed by atoms with Crippen molar-refractivity contribution in [3.8, 4) is 0 Å². The van der Waals surface area contributed by atoms with Crippen LogP contribution in [0.1, 0.15) is 12.8 Å². The van der Waals surface area contributed by atoms with Gasteiger partial charge in [0.25, 0.3) is 0 Å². The van der Waals surface area contributed by atoms with Gasteiger partial charge in [0.05, 0.1) is 6.10 Å². The largest absolute Gasteiger partial charge is 0.384 e. The number of benzene rings is 1. The lowest BCUT2D eigenvalue weighted by Crippen LogP contribution is -2.41. The molecule has 1 aromatic carbocycles. The third-order valence-electron chi connectivity index (χ3n) is 3.40. The van der Waals surface area contributed by atoms with E-state index >= 15 is 0 Å². The molecule has 0 spiro atoms. The average Bonchev–Trinajstić information content (AvgIpc) is 2.41. The van der Waals surface area contributed by atoms with E-state index in [-0.39, 0.29) is 0 Å². The zero-order valence-corrected chi connectivity index (χ0v) is 12.4. The minimum Gasteiger partial charge on any atom is -0.384 e. The van der Waals surface area contributed by atoms with Gasteiger partial charge in [-0.1, -0.05) is 15.9 Å². The summed E-state index contributed by atoms with van der Waals surface area (Å²) in [4.78, 5) is 2.48. The standard InChI is InChI=1S/C14H21BrN2O/c1-18-14-3-2-9-17(11-14)10-8-16-13-6-4-12(15)5-7-13/h4-7,14,16H,2-3,8-11H2,1H3. The van der Waals surface area contributed by atoms with Crippen molar-refractivity contribution < 1.29 is 4.74 Å². The van der Waals surface area contributed by atoms with E-state index in [2.05, 4.69) is 50.4 Å². The molecule has 0 amide bonds. The molecule has 0 aromatic heterocycles. The highest BCUT2D eigenvalue weighted by atomic mass is 79.9. The van der Waals surface area contributed by atoms with Gasteiger partial charge in [0.15, 0.2) is 0 Å². The van der Waals surface area contributed by atoms with Crippen LogP contribution in [0.5, 0.6) is 0 Å². The SMILES string of the molecule is COC1CCCN(CCNc2ccc(Br)cc2)C1. The highest BCUT2D eigenvalue weighted by Gasteiger charge is 2.18. The average molecular weight is 313 g/mol. The highest BCUT2D eigenvalue weighted by molar-refractivity contribution is 9.10. The first-order chi connectivity index (χ1) is 8.78. The minimum absolute atomic E-state index is 0.423. The van der Waals surface area contributed by atoms with Crippen molar-refractivity contribution in [3.05, 3.63) is 28.7 Å². The molecule has 18 heavy (non-hydrogen) atoms. The highest BCUT2D eigenvalue weighted by Crippen LogP contribution is 2.14. The van der Waals surface area contributed by atoms with E-state index in [1.54, 1.807) is 0 Å². The summed E-state index contributed by atoms with van der Waals surface area (Å²) in [6.45, 7) is 4.33. The second kappa shape index (κ2) is 7.12. The Bertz CT molecular complexity index is 355. The third-order valence-corrected chi connectivity index (χ3v) is 3.93. The van der Waals surface area contributed by atoms with Crippen LogP contribution in [0.15, 0.2) is 28.7 Å². The summed E-state index contributed by atoms with van der Waals surface area (Å²) >= 11 is 3.44. The quantitative estimate of drug-likeness (QED) is 0.904. The third kappa shape index (κ3) is 4.26. The molecular weight excluding hydrogens is 292 g/mol. The predicted molar refractivity (Wildman–Crippen MR) is 79.1 cm³/mol. The predicted octanol–water partition coefficient (Wildman–Crippen LogP) is 2.97. The van der Waals surface area contributed by atoms with E-state index < -0.39 is 0 Å². The van der Waals surface area contributed by atoms with Crippen molar-refractivity contribution in [2.75, 3.05) is 38.6 Å². The molecule has 1 saturated heterocycles. The summed E-state index contributed by atoms with van der Waals surface area (Å²) in [5.74, 6) is 0. The summed E-state index contributed by atoms with van der Waals surface area (Å²) in [5.41, 5.74) is 1.18. The molecule has 1 aliphatic heterocycles. The molecule has 1 unspecified atom stereocenters. The van der Waals surface area contributed by atoms with Crippen LogP contribution in [0.4, 0.5) is 5.69 Å². The van der Waals surface area contributed by atoms with Gasteiger partial charge in [-0.25, -0.2) is 0 Å². The molecule has 0 aliphatic carbocycles. The van der Waals surface area contributed by atoms with Gasteiger partial charge >= 0.3 is 0 Å². The molecule has 1 fully saturated rings.